The van der Waals surface area contributed by atoms with Crippen molar-refractivity contribution in [3.63, 3.8) is 0 Å². The maximum Gasteiger partial charge on any atom is 0.251 e. The molecule has 2 saturated heterocycles. The van der Waals surface area contributed by atoms with Crippen LogP contribution in [0.2, 0.25) is 0 Å². The number of piperidine rings is 1. The van der Waals surface area contributed by atoms with E-state index in [4.69, 9.17) is 0 Å². The molecule has 2 heterocycles. The van der Waals surface area contributed by atoms with Crippen LogP contribution in [0.3, 0.4) is 0 Å². The van der Waals surface area contributed by atoms with Crippen LogP contribution >= 0.6 is 0 Å². The molecule has 0 aromatic heterocycles. The Bertz CT molecular complexity index is 529. The second-order valence-corrected chi connectivity index (χ2v) is 6.31. The lowest BCUT2D eigenvalue weighted by Gasteiger charge is -2.35. The highest BCUT2D eigenvalue weighted by atomic mass is 16.1. The van der Waals surface area contributed by atoms with Crippen LogP contribution in [0.25, 0.3) is 0 Å². The van der Waals surface area contributed by atoms with E-state index >= 15 is 0 Å². The van der Waals surface area contributed by atoms with Crippen LogP contribution in [0.5, 0.6) is 0 Å². The van der Waals surface area contributed by atoms with E-state index in [1.165, 1.54) is 44.3 Å². The molecule has 0 aliphatic carbocycles. The lowest BCUT2D eigenvalue weighted by Crippen LogP contribution is -2.42. The van der Waals surface area contributed by atoms with Crippen LogP contribution in [0.15, 0.2) is 18.2 Å². The Morgan fingerprint density at radius 1 is 1.29 bits per heavy atom. The van der Waals surface area contributed by atoms with E-state index in [1.54, 1.807) is 7.05 Å². The predicted molar refractivity (Wildman–Crippen MR) is 85.8 cm³/mol. The zero-order valence-corrected chi connectivity index (χ0v) is 13.0. The number of benzene rings is 1. The Balaban J connectivity index is 1.70. The van der Waals surface area contributed by atoms with Gasteiger partial charge in [-0.05, 0) is 56.8 Å². The molecule has 0 spiro atoms. The fraction of sp³-hybridized carbons (Fsp3) is 0.588. The number of anilines is 1. The number of nitrogens with one attached hydrogen (secondary N) is 2. The van der Waals surface area contributed by atoms with Crippen LogP contribution in [-0.2, 0) is 0 Å². The molecule has 21 heavy (non-hydrogen) atoms. The van der Waals surface area contributed by atoms with Crippen molar-refractivity contribution >= 4 is 11.6 Å². The van der Waals surface area contributed by atoms with Crippen molar-refractivity contribution in [1.82, 2.24) is 10.2 Å². The van der Waals surface area contributed by atoms with Gasteiger partial charge in [-0.3, -0.25) is 4.79 Å². The van der Waals surface area contributed by atoms with E-state index in [2.05, 4.69) is 22.5 Å². The number of carbonyl (C=O) groups excluding carboxylic acids is 1. The van der Waals surface area contributed by atoms with Gasteiger partial charge in [-0.25, -0.2) is 0 Å². The highest BCUT2D eigenvalue weighted by molar-refractivity contribution is 5.95. The Labute approximate surface area is 126 Å². The van der Waals surface area contributed by atoms with Gasteiger partial charge in [0.15, 0.2) is 0 Å². The summed E-state index contributed by atoms with van der Waals surface area (Å²) < 4.78 is 0. The van der Waals surface area contributed by atoms with Crippen molar-refractivity contribution in [2.24, 2.45) is 0 Å². The Morgan fingerprint density at radius 2 is 2.14 bits per heavy atom. The molecule has 2 unspecified atom stereocenters. The van der Waals surface area contributed by atoms with Crippen molar-refractivity contribution in [2.75, 3.05) is 25.5 Å². The van der Waals surface area contributed by atoms with Crippen LogP contribution in [0.4, 0.5) is 5.69 Å². The number of nitrogens with zero attached hydrogens (tertiary/aromatic N) is 1. The summed E-state index contributed by atoms with van der Waals surface area (Å²) in [4.78, 5) is 14.4. The van der Waals surface area contributed by atoms with Crippen molar-refractivity contribution in [3.8, 4) is 0 Å². The molecule has 0 radical (unpaired) electrons. The summed E-state index contributed by atoms with van der Waals surface area (Å²) in [6.45, 7) is 4.58. The first-order chi connectivity index (χ1) is 10.2. The van der Waals surface area contributed by atoms with Crippen molar-refractivity contribution in [2.45, 2.75) is 44.7 Å². The molecule has 1 aromatic rings. The van der Waals surface area contributed by atoms with Gasteiger partial charge < -0.3 is 15.5 Å². The maximum atomic E-state index is 11.8. The minimum Gasteiger partial charge on any atom is -0.382 e. The average molecular weight is 287 g/mol. The van der Waals surface area contributed by atoms with Crippen LogP contribution in [-0.4, -0.2) is 43.0 Å². The quantitative estimate of drug-likeness (QED) is 0.897. The minimum atomic E-state index is -0.0244. The van der Waals surface area contributed by atoms with E-state index in [1.807, 2.05) is 18.2 Å². The monoisotopic (exact) mass is 287 g/mol. The summed E-state index contributed by atoms with van der Waals surface area (Å²) in [5, 5.41) is 6.36. The summed E-state index contributed by atoms with van der Waals surface area (Å²) >= 11 is 0. The Kier molecular flexibility index (Phi) is 4.15. The first-order valence-electron chi connectivity index (χ1n) is 8.00. The summed E-state index contributed by atoms with van der Waals surface area (Å²) in [5.41, 5.74) is 3.04. The molecule has 1 amide bonds. The molecule has 0 saturated carbocycles. The highest BCUT2D eigenvalue weighted by Gasteiger charge is 2.31. The average Bonchev–Trinajstić information content (AvgIpc) is 2.96. The number of hydrogen-bond acceptors (Lipinski definition) is 3. The topological polar surface area (TPSA) is 44.4 Å². The Morgan fingerprint density at radius 3 is 2.95 bits per heavy atom. The highest BCUT2D eigenvalue weighted by Crippen LogP contribution is 2.29. The van der Waals surface area contributed by atoms with E-state index in [0.29, 0.717) is 6.04 Å². The van der Waals surface area contributed by atoms with Gasteiger partial charge in [0.25, 0.3) is 5.91 Å². The van der Waals surface area contributed by atoms with Gasteiger partial charge in [-0.2, -0.15) is 0 Å². The molecule has 2 N–H and O–H groups in total. The molecule has 4 heteroatoms. The van der Waals surface area contributed by atoms with Crippen molar-refractivity contribution in [1.29, 1.82) is 0 Å². The number of hydrogen-bond donors (Lipinski definition) is 2. The molecular weight excluding hydrogens is 262 g/mol. The van der Waals surface area contributed by atoms with Gasteiger partial charge in [-0.15, -0.1) is 0 Å². The van der Waals surface area contributed by atoms with Gasteiger partial charge in [0.1, 0.15) is 0 Å². The molecule has 1 aromatic carbocycles. The second-order valence-electron chi connectivity index (χ2n) is 6.31. The van der Waals surface area contributed by atoms with Crippen LogP contribution in [0, 0.1) is 6.92 Å². The molecule has 114 valence electrons. The number of carbonyl (C=O) groups is 1. The number of amides is 1. The predicted octanol–water partition coefficient (Wildman–Crippen LogP) is 2.39. The molecule has 2 aliphatic rings. The molecule has 0 bridgehead atoms. The molecule has 2 aliphatic heterocycles. The zero-order chi connectivity index (χ0) is 14.8. The van der Waals surface area contributed by atoms with Crippen molar-refractivity contribution in [3.05, 3.63) is 29.3 Å². The van der Waals surface area contributed by atoms with Gasteiger partial charge in [0, 0.05) is 36.9 Å². The third-order valence-corrected chi connectivity index (χ3v) is 4.91. The van der Waals surface area contributed by atoms with Gasteiger partial charge in [0.05, 0.1) is 0 Å². The van der Waals surface area contributed by atoms with Crippen LogP contribution in [0.1, 0.15) is 41.6 Å². The number of fused-ring (bicyclic) bond motifs is 1. The standard InChI is InChI=1S/C17H25N3O/c1-12-5-6-13(17(21)18-2)10-16(12)19-14-7-9-20-8-3-4-15(20)11-14/h5-6,10,14-15,19H,3-4,7-9,11H2,1-2H3,(H,18,21). The SMILES string of the molecule is CNC(=O)c1ccc(C)c(NC2CCN3CCCC3C2)c1. The summed E-state index contributed by atoms with van der Waals surface area (Å²) in [6.07, 6.45) is 5.11. The largest absolute Gasteiger partial charge is 0.382 e. The molecule has 2 atom stereocenters. The van der Waals surface area contributed by atoms with E-state index in [-0.39, 0.29) is 5.91 Å². The number of rotatable bonds is 3. The van der Waals surface area contributed by atoms with E-state index < -0.39 is 0 Å². The second kappa shape index (κ2) is 6.06. The first kappa shape index (κ1) is 14.4. The lowest BCUT2D eigenvalue weighted by molar-refractivity contribution is 0.0963. The number of aryl methyl sites for hydroxylation is 1. The smallest absolute Gasteiger partial charge is 0.251 e. The summed E-state index contributed by atoms with van der Waals surface area (Å²) in [5.74, 6) is -0.0244. The summed E-state index contributed by atoms with van der Waals surface area (Å²) in [6, 6.07) is 7.19. The van der Waals surface area contributed by atoms with Crippen LogP contribution < -0.4 is 10.6 Å². The fourth-order valence-electron chi connectivity index (χ4n) is 3.64. The molecule has 3 rings (SSSR count). The Hall–Kier alpha value is -1.55. The normalized spacial score (nSPS) is 25.4. The minimum absolute atomic E-state index is 0.0244. The zero-order valence-electron chi connectivity index (χ0n) is 13.0. The molecular formula is C17H25N3O. The van der Waals surface area contributed by atoms with Crippen molar-refractivity contribution < 1.29 is 4.79 Å². The van der Waals surface area contributed by atoms with E-state index in [9.17, 15) is 4.79 Å². The molecule has 2 fully saturated rings. The lowest BCUT2D eigenvalue weighted by atomic mass is 9.97. The third-order valence-electron chi connectivity index (χ3n) is 4.91. The third kappa shape index (κ3) is 3.05. The van der Waals surface area contributed by atoms with Gasteiger partial charge in [-0.1, -0.05) is 6.07 Å². The van der Waals surface area contributed by atoms with E-state index in [0.717, 1.165) is 17.3 Å². The van der Waals surface area contributed by atoms with Gasteiger partial charge >= 0.3 is 0 Å². The first-order valence-corrected chi connectivity index (χ1v) is 8.00. The maximum absolute atomic E-state index is 11.8. The fourth-order valence-corrected chi connectivity index (χ4v) is 3.64. The summed E-state index contributed by atoms with van der Waals surface area (Å²) in [7, 11) is 1.67. The molecule has 4 nitrogen and oxygen atoms in total. The van der Waals surface area contributed by atoms with Gasteiger partial charge in [0.2, 0.25) is 0 Å².